The monoisotopic (exact) mass is 797 g/mol. The van der Waals surface area contributed by atoms with E-state index in [1.165, 1.54) is 0 Å². The SMILES string of the molecule is Cc1ccccc1-c1nc(-c2cccc(-c3ccc(-c4cccnc4)c(-c4ccc(-c5nc(-c6ccccc6)nc(-c6ccccc6)n5)cc4)c3)c2)nc(-c2ccccc2C)n1. The summed E-state index contributed by atoms with van der Waals surface area (Å²) >= 11 is 0. The highest BCUT2D eigenvalue weighted by Gasteiger charge is 2.17. The largest absolute Gasteiger partial charge is 0.264 e. The lowest BCUT2D eigenvalue weighted by molar-refractivity contribution is 1.07. The molecule has 0 atom stereocenters. The molecule has 294 valence electrons. The first-order valence-corrected chi connectivity index (χ1v) is 20.6. The van der Waals surface area contributed by atoms with E-state index in [1.54, 1.807) is 6.20 Å². The summed E-state index contributed by atoms with van der Waals surface area (Å²) in [5.74, 6) is 3.77. The van der Waals surface area contributed by atoms with Crippen molar-refractivity contribution in [3.63, 3.8) is 0 Å². The van der Waals surface area contributed by atoms with Gasteiger partial charge in [0.1, 0.15) is 0 Å². The van der Waals surface area contributed by atoms with Crippen molar-refractivity contribution < 1.29 is 0 Å². The highest BCUT2D eigenvalue weighted by atomic mass is 15.0. The molecule has 0 unspecified atom stereocenters. The van der Waals surface area contributed by atoms with E-state index >= 15 is 0 Å². The van der Waals surface area contributed by atoms with Crippen molar-refractivity contribution in [1.82, 2.24) is 34.9 Å². The van der Waals surface area contributed by atoms with Gasteiger partial charge in [-0.25, -0.2) is 29.9 Å². The van der Waals surface area contributed by atoms with Crippen LogP contribution in [0.1, 0.15) is 11.1 Å². The van der Waals surface area contributed by atoms with Gasteiger partial charge in [-0.3, -0.25) is 4.98 Å². The maximum atomic E-state index is 5.08. The lowest BCUT2D eigenvalue weighted by Crippen LogP contribution is -2.02. The zero-order valence-electron chi connectivity index (χ0n) is 34.2. The Balaban J connectivity index is 1.06. The molecule has 0 saturated carbocycles. The second-order valence-electron chi connectivity index (χ2n) is 15.1. The number of benzene rings is 7. The van der Waals surface area contributed by atoms with Gasteiger partial charge in [0.2, 0.25) is 0 Å². The summed E-state index contributed by atoms with van der Waals surface area (Å²) in [5, 5.41) is 0. The molecule has 0 aliphatic heterocycles. The van der Waals surface area contributed by atoms with E-state index in [0.29, 0.717) is 34.9 Å². The van der Waals surface area contributed by atoms with Crippen LogP contribution in [0.3, 0.4) is 0 Å². The molecule has 7 nitrogen and oxygen atoms in total. The third-order valence-corrected chi connectivity index (χ3v) is 11.0. The average Bonchev–Trinajstić information content (AvgIpc) is 3.35. The standard InChI is InChI=1S/C55H39N7/c1-36-15-9-11-24-46(36)54-60-53(61-55(62-54)47-25-12-10-16-37(47)2)44-22-13-21-42(33-44)43-30-31-48(45-23-14-32-56-35-45)49(34-43)38-26-28-41(29-27-38)52-58-50(39-17-5-3-6-18-39)57-51(59-52)40-19-7-4-8-20-40/h3-35H,1-2H3. The van der Waals surface area contributed by atoms with Gasteiger partial charge in [-0.1, -0.05) is 170 Å². The van der Waals surface area contributed by atoms with Gasteiger partial charge in [0.05, 0.1) is 0 Å². The van der Waals surface area contributed by atoms with Crippen molar-refractivity contribution in [3.05, 3.63) is 212 Å². The molecule has 62 heavy (non-hydrogen) atoms. The molecule has 0 amide bonds. The predicted octanol–water partition coefficient (Wildman–Crippen LogP) is 13.1. The van der Waals surface area contributed by atoms with Crippen LogP contribution in [-0.4, -0.2) is 34.9 Å². The first-order chi connectivity index (χ1) is 30.5. The molecular weight excluding hydrogens is 759 g/mol. The second-order valence-corrected chi connectivity index (χ2v) is 15.1. The Morgan fingerprint density at radius 2 is 0.677 bits per heavy atom. The molecule has 7 heteroatoms. The zero-order chi connectivity index (χ0) is 41.8. The highest BCUT2D eigenvalue weighted by Crippen LogP contribution is 2.38. The molecule has 0 radical (unpaired) electrons. The first-order valence-electron chi connectivity index (χ1n) is 20.6. The lowest BCUT2D eigenvalue weighted by atomic mass is 9.91. The summed E-state index contributed by atoms with van der Waals surface area (Å²) in [4.78, 5) is 34.4. The fourth-order valence-electron chi connectivity index (χ4n) is 7.70. The Morgan fingerprint density at radius 3 is 1.24 bits per heavy atom. The molecule has 0 N–H and O–H groups in total. The van der Waals surface area contributed by atoms with Gasteiger partial charge >= 0.3 is 0 Å². The molecule has 10 aromatic rings. The van der Waals surface area contributed by atoms with Gasteiger partial charge in [-0.05, 0) is 71.0 Å². The smallest absolute Gasteiger partial charge is 0.164 e. The summed E-state index contributed by atoms with van der Waals surface area (Å²) in [7, 11) is 0. The Labute approximate surface area is 360 Å². The number of rotatable bonds is 9. The third kappa shape index (κ3) is 7.78. The molecule has 0 fully saturated rings. The fraction of sp³-hybridized carbons (Fsp3) is 0.0364. The Kier molecular flexibility index (Phi) is 10.3. The van der Waals surface area contributed by atoms with Gasteiger partial charge in [0.25, 0.3) is 0 Å². The number of aromatic nitrogens is 7. The maximum absolute atomic E-state index is 5.08. The summed E-state index contributed by atoms with van der Waals surface area (Å²) in [6, 6.07) is 64.1. The van der Waals surface area contributed by atoms with Crippen LogP contribution < -0.4 is 0 Å². The van der Waals surface area contributed by atoms with Crippen LogP contribution in [0.25, 0.3) is 102 Å². The quantitative estimate of drug-likeness (QED) is 0.144. The van der Waals surface area contributed by atoms with Gasteiger partial charge in [-0.2, -0.15) is 0 Å². The summed E-state index contributed by atoms with van der Waals surface area (Å²) in [5.41, 5.74) is 14.1. The Bertz CT molecular complexity index is 3070. The molecule has 7 aromatic carbocycles. The first kappa shape index (κ1) is 37.9. The van der Waals surface area contributed by atoms with Gasteiger partial charge in [-0.15, -0.1) is 0 Å². The molecule has 3 aromatic heterocycles. The van der Waals surface area contributed by atoms with Crippen molar-refractivity contribution in [2.75, 3.05) is 0 Å². The van der Waals surface area contributed by atoms with E-state index in [4.69, 9.17) is 29.9 Å². The Morgan fingerprint density at radius 1 is 0.258 bits per heavy atom. The van der Waals surface area contributed by atoms with Crippen LogP contribution in [-0.2, 0) is 0 Å². The predicted molar refractivity (Wildman–Crippen MR) is 249 cm³/mol. The van der Waals surface area contributed by atoms with Crippen molar-refractivity contribution in [2.45, 2.75) is 13.8 Å². The number of aryl methyl sites for hydroxylation is 2. The van der Waals surface area contributed by atoms with Crippen LogP contribution in [0.15, 0.2) is 200 Å². The van der Waals surface area contributed by atoms with Crippen LogP contribution >= 0.6 is 0 Å². The topological polar surface area (TPSA) is 90.2 Å². The van der Waals surface area contributed by atoms with Crippen molar-refractivity contribution in [2.24, 2.45) is 0 Å². The third-order valence-electron chi connectivity index (χ3n) is 11.0. The minimum atomic E-state index is 0.608. The van der Waals surface area contributed by atoms with Crippen molar-refractivity contribution in [3.8, 4) is 102 Å². The maximum Gasteiger partial charge on any atom is 0.164 e. The summed E-state index contributed by atoms with van der Waals surface area (Å²) in [6.07, 6.45) is 3.71. The molecule has 10 rings (SSSR count). The molecule has 0 aliphatic rings. The number of pyridine rings is 1. The van der Waals surface area contributed by atoms with Crippen LogP contribution in [0.2, 0.25) is 0 Å². The number of hydrogen-bond acceptors (Lipinski definition) is 7. The van der Waals surface area contributed by atoms with Crippen LogP contribution in [0.5, 0.6) is 0 Å². The molecule has 0 spiro atoms. The molecule has 0 saturated heterocycles. The fourth-order valence-corrected chi connectivity index (χ4v) is 7.70. The normalized spacial score (nSPS) is 11.1. The van der Waals surface area contributed by atoms with E-state index in [2.05, 4.69) is 116 Å². The summed E-state index contributed by atoms with van der Waals surface area (Å²) in [6.45, 7) is 4.17. The van der Waals surface area contributed by atoms with Crippen molar-refractivity contribution >= 4 is 0 Å². The van der Waals surface area contributed by atoms with Gasteiger partial charge < -0.3 is 0 Å². The number of nitrogens with zero attached hydrogens (tertiary/aromatic N) is 7. The van der Waals surface area contributed by atoms with E-state index in [-0.39, 0.29) is 0 Å². The minimum absolute atomic E-state index is 0.608. The molecule has 0 bridgehead atoms. The van der Waals surface area contributed by atoms with Crippen LogP contribution in [0.4, 0.5) is 0 Å². The van der Waals surface area contributed by atoms with E-state index in [9.17, 15) is 0 Å². The lowest BCUT2D eigenvalue weighted by Gasteiger charge is -2.15. The van der Waals surface area contributed by atoms with Crippen LogP contribution in [0, 0.1) is 13.8 Å². The highest BCUT2D eigenvalue weighted by molar-refractivity contribution is 5.88. The molecular formula is C55H39N7. The Hall–Kier alpha value is -8.29. The molecule has 3 heterocycles. The minimum Gasteiger partial charge on any atom is -0.264 e. The van der Waals surface area contributed by atoms with Gasteiger partial charge in [0.15, 0.2) is 34.9 Å². The van der Waals surface area contributed by atoms with Crippen molar-refractivity contribution in [1.29, 1.82) is 0 Å². The van der Waals surface area contributed by atoms with E-state index < -0.39 is 0 Å². The van der Waals surface area contributed by atoms with E-state index in [1.807, 2.05) is 97.2 Å². The zero-order valence-corrected chi connectivity index (χ0v) is 34.2. The van der Waals surface area contributed by atoms with E-state index in [0.717, 1.165) is 77.9 Å². The number of hydrogen-bond donors (Lipinski definition) is 0. The second kappa shape index (κ2) is 16.8. The van der Waals surface area contributed by atoms with Gasteiger partial charge in [0, 0.05) is 51.3 Å². The summed E-state index contributed by atoms with van der Waals surface area (Å²) < 4.78 is 0. The average molecular weight is 798 g/mol. The molecule has 0 aliphatic carbocycles.